The third-order valence-corrected chi connectivity index (χ3v) is 2.57. The highest BCUT2D eigenvalue weighted by Crippen LogP contribution is 2.14. The van der Waals surface area contributed by atoms with Gasteiger partial charge in [-0.1, -0.05) is 18.2 Å². The summed E-state index contributed by atoms with van der Waals surface area (Å²) in [6, 6.07) is 11.3. The van der Waals surface area contributed by atoms with E-state index < -0.39 is 0 Å². The van der Waals surface area contributed by atoms with Gasteiger partial charge >= 0.3 is 0 Å². The van der Waals surface area contributed by atoms with E-state index in [1.807, 2.05) is 44.2 Å². The number of aromatic nitrogens is 1. The summed E-state index contributed by atoms with van der Waals surface area (Å²) in [6.07, 6.45) is 1.59. The van der Waals surface area contributed by atoms with Crippen molar-refractivity contribution in [2.75, 3.05) is 5.32 Å². The average Bonchev–Trinajstić information content (AvgIpc) is 2.33. The van der Waals surface area contributed by atoms with Crippen LogP contribution in [0.15, 0.2) is 42.6 Å². The molecule has 0 bridgehead atoms. The van der Waals surface area contributed by atoms with Gasteiger partial charge in [0.15, 0.2) is 0 Å². The molecule has 0 saturated heterocycles. The number of nitrogens with one attached hydrogen (secondary N) is 1. The number of hydrogen-bond donors (Lipinski definition) is 1. The molecule has 2 rings (SSSR count). The highest BCUT2D eigenvalue weighted by atomic mass is 16.1. The lowest BCUT2D eigenvalue weighted by Gasteiger charge is -2.07. The largest absolute Gasteiger partial charge is 0.322 e. The van der Waals surface area contributed by atoms with Crippen LogP contribution in [0.3, 0.4) is 0 Å². The highest BCUT2D eigenvalue weighted by molar-refractivity contribution is 6.04. The highest BCUT2D eigenvalue weighted by Gasteiger charge is 2.07. The second-order valence-electron chi connectivity index (χ2n) is 3.96. The van der Waals surface area contributed by atoms with Gasteiger partial charge in [-0.3, -0.25) is 9.78 Å². The molecule has 2 aromatic rings. The topological polar surface area (TPSA) is 42.0 Å². The number of pyridine rings is 1. The van der Waals surface area contributed by atoms with Crippen LogP contribution in [-0.4, -0.2) is 10.9 Å². The molecule has 0 spiro atoms. The minimum absolute atomic E-state index is 0.133. The van der Waals surface area contributed by atoms with E-state index in [0.29, 0.717) is 5.56 Å². The van der Waals surface area contributed by atoms with Crippen molar-refractivity contribution in [2.24, 2.45) is 0 Å². The number of para-hydroxylation sites is 1. The van der Waals surface area contributed by atoms with Gasteiger partial charge < -0.3 is 5.32 Å². The zero-order chi connectivity index (χ0) is 12.3. The quantitative estimate of drug-likeness (QED) is 0.855. The van der Waals surface area contributed by atoms with Gasteiger partial charge in [0.25, 0.3) is 5.91 Å². The van der Waals surface area contributed by atoms with Gasteiger partial charge in [0.2, 0.25) is 0 Å². The number of carbonyl (C=O) groups is 1. The lowest BCUT2D eigenvalue weighted by Crippen LogP contribution is -2.13. The van der Waals surface area contributed by atoms with E-state index in [4.69, 9.17) is 0 Å². The van der Waals surface area contributed by atoms with Crippen LogP contribution in [0.25, 0.3) is 0 Å². The van der Waals surface area contributed by atoms with Crippen LogP contribution >= 0.6 is 0 Å². The van der Waals surface area contributed by atoms with Crippen molar-refractivity contribution in [1.29, 1.82) is 0 Å². The van der Waals surface area contributed by atoms with Crippen molar-refractivity contribution in [3.63, 3.8) is 0 Å². The molecule has 1 amide bonds. The zero-order valence-electron chi connectivity index (χ0n) is 9.90. The number of aryl methyl sites for hydroxylation is 2. The number of benzene rings is 1. The normalized spacial score (nSPS) is 10.0. The Morgan fingerprint density at radius 2 is 1.88 bits per heavy atom. The Morgan fingerprint density at radius 1 is 1.12 bits per heavy atom. The molecule has 0 unspecified atom stereocenters. The van der Waals surface area contributed by atoms with E-state index in [1.54, 1.807) is 12.3 Å². The summed E-state index contributed by atoms with van der Waals surface area (Å²) >= 11 is 0. The van der Waals surface area contributed by atoms with Gasteiger partial charge in [-0.15, -0.1) is 0 Å². The Morgan fingerprint density at radius 3 is 2.53 bits per heavy atom. The Bertz CT molecular complexity index is 532. The van der Waals surface area contributed by atoms with Crippen molar-refractivity contribution in [1.82, 2.24) is 4.98 Å². The summed E-state index contributed by atoms with van der Waals surface area (Å²) in [7, 11) is 0. The van der Waals surface area contributed by atoms with Gasteiger partial charge in [0.05, 0.1) is 5.56 Å². The summed E-state index contributed by atoms with van der Waals surface area (Å²) in [4.78, 5) is 16.0. The number of rotatable bonds is 2. The second kappa shape index (κ2) is 4.78. The lowest BCUT2D eigenvalue weighted by molar-refractivity contribution is 0.102. The maximum atomic E-state index is 11.9. The van der Waals surface area contributed by atoms with Crippen molar-refractivity contribution < 1.29 is 4.79 Å². The first-order valence-electron chi connectivity index (χ1n) is 5.46. The molecule has 1 N–H and O–H groups in total. The fourth-order valence-corrected chi connectivity index (χ4v) is 1.51. The molecule has 0 saturated carbocycles. The van der Waals surface area contributed by atoms with Crippen molar-refractivity contribution in [3.8, 4) is 0 Å². The SMILES string of the molecule is Cc1ccc(C(=O)Nc2ccccc2C)cn1. The van der Waals surface area contributed by atoms with Gasteiger partial charge in [0, 0.05) is 17.6 Å². The van der Waals surface area contributed by atoms with E-state index in [0.717, 1.165) is 16.9 Å². The number of amides is 1. The lowest BCUT2D eigenvalue weighted by atomic mass is 10.2. The van der Waals surface area contributed by atoms with E-state index in [-0.39, 0.29) is 5.91 Å². The van der Waals surface area contributed by atoms with E-state index in [9.17, 15) is 4.79 Å². The molecule has 3 nitrogen and oxygen atoms in total. The third-order valence-electron chi connectivity index (χ3n) is 2.57. The summed E-state index contributed by atoms with van der Waals surface area (Å²) in [5.74, 6) is -0.133. The average molecular weight is 226 g/mol. The molecule has 3 heteroatoms. The molecule has 0 fully saturated rings. The van der Waals surface area contributed by atoms with Crippen molar-refractivity contribution in [3.05, 3.63) is 59.4 Å². The Labute approximate surface area is 101 Å². The van der Waals surface area contributed by atoms with Gasteiger partial charge in [-0.25, -0.2) is 0 Å². The van der Waals surface area contributed by atoms with E-state index in [1.165, 1.54) is 0 Å². The van der Waals surface area contributed by atoms with Crippen LogP contribution < -0.4 is 5.32 Å². The van der Waals surface area contributed by atoms with Crippen LogP contribution in [0.4, 0.5) is 5.69 Å². The second-order valence-corrected chi connectivity index (χ2v) is 3.96. The Kier molecular flexibility index (Phi) is 3.19. The summed E-state index contributed by atoms with van der Waals surface area (Å²) in [6.45, 7) is 3.85. The summed E-state index contributed by atoms with van der Waals surface area (Å²) in [5.41, 5.74) is 3.34. The molecule has 1 aromatic carbocycles. The van der Waals surface area contributed by atoms with Crippen molar-refractivity contribution >= 4 is 11.6 Å². The van der Waals surface area contributed by atoms with Gasteiger partial charge in [-0.05, 0) is 37.6 Å². The maximum Gasteiger partial charge on any atom is 0.257 e. The zero-order valence-corrected chi connectivity index (χ0v) is 9.90. The van der Waals surface area contributed by atoms with Crippen LogP contribution in [0.5, 0.6) is 0 Å². The molecule has 0 aliphatic rings. The Hall–Kier alpha value is -2.16. The molecule has 0 radical (unpaired) electrons. The van der Waals surface area contributed by atoms with Crippen LogP contribution in [-0.2, 0) is 0 Å². The molecule has 86 valence electrons. The molecule has 0 aliphatic carbocycles. The fourth-order valence-electron chi connectivity index (χ4n) is 1.51. The van der Waals surface area contributed by atoms with Crippen LogP contribution in [0.1, 0.15) is 21.6 Å². The molecule has 1 heterocycles. The first-order chi connectivity index (χ1) is 8.16. The van der Waals surface area contributed by atoms with Gasteiger partial charge in [-0.2, -0.15) is 0 Å². The smallest absolute Gasteiger partial charge is 0.257 e. The first kappa shape index (κ1) is 11.3. The molecular formula is C14H14N2O. The van der Waals surface area contributed by atoms with Gasteiger partial charge in [0.1, 0.15) is 0 Å². The van der Waals surface area contributed by atoms with Crippen LogP contribution in [0, 0.1) is 13.8 Å². The molecule has 1 aromatic heterocycles. The number of anilines is 1. The molecule has 0 atom stereocenters. The number of nitrogens with zero attached hydrogens (tertiary/aromatic N) is 1. The summed E-state index contributed by atoms with van der Waals surface area (Å²) < 4.78 is 0. The minimum Gasteiger partial charge on any atom is -0.322 e. The monoisotopic (exact) mass is 226 g/mol. The predicted molar refractivity (Wildman–Crippen MR) is 68.1 cm³/mol. The molecular weight excluding hydrogens is 212 g/mol. The maximum absolute atomic E-state index is 11.9. The first-order valence-corrected chi connectivity index (χ1v) is 5.46. The molecule has 0 aliphatic heterocycles. The molecule has 17 heavy (non-hydrogen) atoms. The Balaban J connectivity index is 2.17. The minimum atomic E-state index is -0.133. The number of carbonyl (C=O) groups excluding carboxylic acids is 1. The number of hydrogen-bond acceptors (Lipinski definition) is 2. The fraction of sp³-hybridized carbons (Fsp3) is 0.143. The van der Waals surface area contributed by atoms with Crippen molar-refractivity contribution in [2.45, 2.75) is 13.8 Å². The van der Waals surface area contributed by atoms with E-state index >= 15 is 0 Å². The van der Waals surface area contributed by atoms with E-state index in [2.05, 4.69) is 10.3 Å². The summed E-state index contributed by atoms with van der Waals surface area (Å²) in [5, 5.41) is 2.87. The predicted octanol–water partition coefficient (Wildman–Crippen LogP) is 2.95. The van der Waals surface area contributed by atoms with Crippen LogP contribution in [0.2, 0.25) is 0 Å². The standard InChI is InChI=1S/C14H14N2O/c1-10-5-3-4-6-13(10)16-14(17)12-8-7-11(2)15-9-12/h3-9H,1-2H3,(H,16,17). The third kappa shape index (κ3) is 2.69.